The van der Waals surface area contributed by atoms with E-state index in [-0.39, 0.29) is 12.1 Å². The van der Waals surface area contributed by atoms with Gasteiger partial charge >= 0.3 is 0 Å². The predicted octanol–water partition coefficient (Wildman–Crippen LogP) is 3.34. The summed E-state index contributed by atoms with van der Waals surface area (Å²) in [5.74, 6) is 0.254. The summed E-state index contributed by atoms with van der Waals surface area (Å²) in [6.45, 7) is 4.22. The van der Waals surface area contributed by atoms with Gasteiger partial charge in [-0.15, -0.1) is 0 Å². The Hall–Kier alpha value is -1.65. The van der Waals surface area contributed by atoms with Crippen molar-refractivity contribution in [2.45, 2.75) is 32.9 Å². The number of halogens is 1. The summed E-state index contributed by atoms with van der Waals surface area (Å²) in [5.41, 5.74) is 7.19. The van der Waals surface area contributed by atoms with Gasteiger partial charge in [0.2, 0.25) is 0 Å². The second-order valence-corrected chi connectivity index (χ2v) is 5.73. The van der Waals surface area contributed by atoms with Gasteiger partial charge in [0, 0.05) is 5.39 Å². The van der Waals surface area contributed by atoms with Crippen LogP contribution < -0.4 is 11.1 Å². The van der Waals surface area contributed by atoms with Gasteiger partial charge in [0.15, 0.2) is 0 Å². The molecular weight excluding hydrogens is 286 g/mol. The number of hydrogen-bond acceptors (Lipinski definition) is 3. The smallest absolute Gasteiger partial charge is 0.253 e. The number of nitrogens with zero attached hydrogens (tertiary/aromatic N) is 1. The summed E-state index contributed by atoms with van der Waals surface area (Å²) in [6, 6.07) is 9.00. The highest BCUT2D eigenvalue weighted by molar-refractivity contribution is 6.30. The van der Waals surface area contributed by atoms with Gasteiger partial charge in [-0.05, 0) is 24.5 Å². The fourth-order valence-corrected chi connectivity index (χ4v) is 2.44. The van der Waals surface area contributed by atoms with Gasteiger partial charge in [-0.2, -0.15) is 0 Å². The van der Waals surface area contributed by atoms with Crippen LogP contribution in [0.15, 0.2) is 30.3 Å². The van der Waals surface area contributed by atoms with Gasteiger partial charge < -0.3 is 11.1 Å². The third-order valence-corrected chi connectivity index (χ3v) is 3.79. The topological polar surface area (TPSA) is 68.0 Å². The molecule has 0 saturated carbocycles. The van der Waals surface area contributed by atoms with Gasteiger partial charge in [-0.1, -0.05) is 50.1 Å². The molecule has 1 aromatic heterocycles. The Morgan fingerprint density at radius 2 is 2.14 bits per heavy atom. The maximum Gasteiger partial charge on any atom is 0.253 e. The summed E-state index contributed by atoms with van der Waals surface area (Å²) in [6.07, 6.45) is 1.42. The first kappa shape index (κ1) is 15.7. The van der Waals surface area contributed by atoms with Crippen LogP contribution in [0.5, 0.6) is 0 Å². The van der Waals surface area contributed by atoms with E-state index >= 15 is 0 Å². The van der Waals surface area contributed by atoms with E-state index in [1.165, 1.54) is 0 Å². The molecule has 2 atom stereocenters. The molecule has 112 valence electrons. The molecule has 2 rings (SSSR count). The lowest BCUT2D eigenvalue weighted by atomic mass is 10.0. The first-order valence-electron chi connectivity index (χ1n) is 7.13. The Kier molecular flexibility index (Phi) is 5.15. The van der Waals surface area contributed by atoms with Crippen LogP contribution in [0.2, 0.25) is 5.15 Å². The van der Waals surface area contributed by atoms with Crippen LogP contribution in [0.1, 0.15) is 37.0 Å². The molecule has 1 aromatic carbocycles. The maximum atomic E-state index is 12.4. The molecule has 0 bridgehead atoms. The number of aromatic nitrogens is 1. The highest BCUT2D eigenvalue weighted by Gasteiger charge is 2.16. The number of fused-ring (bicyclic) bond motifs is 1. The molecule has 21 heavy (non-hydrogen) atoms. The van der Waals surface area contributed by atoms with Crippen molar-refractivity contribution in [2.75, 3.05) is 0 Å². The number of nitrogens with one attached hydrogen (secondary N) is 1. The number of benzene rings is 1. The largest absolute Gasteiger partial charge is 0.337 e. The van der Waals surface area contributed by atoms with Crippen molar-refractivity contribution in [3.63, 3.8) is 0 Å². The third kappa shape index (κ3) is 3.93. The Morgan fingerprint density at radius 3 is 2.86 bits per heavy atom. The molecule has 4 nitrogen and oxygen atoms in total. The van der Waals surface area contributed by atoms with Gasteiger partial charge in [-0.3, -0.25) is 4.79 Å². The lowest BCUT2D eigenvalue weighted by molar-refractivity contribution is 0.0934. The maximum absolute atomic E-state index is 12.4. The van der Waals surface area contributed by atoms with Crippen molar-refractivity contribution in [3.05, 3.63) is 41.0 Å². The van der Waals surface area contributed by atoms with Crippen LogP contribution in [0.25, 0.3) is 10.9 Å². The van der Waals surface area contributed by atoms with E-state index in [0.717, 1.165) is 18.2 Å². The average molecular weight is 306 g/mol. The SMILES string of the molecule is CCC(C)CC(N)NC(=O)c1cc(Cl)nc2ccccc12. The molecule has 5 heteroatoms. The fraction of sp³-hybridized carbons (Fsp3) is 0.375. The second kappa shape index (κ2) is 6.87. The monoisotopic (exact) mass is 305 g/mol. The molecule has 2 aromatic rings. The van der Waals surface area contributed by atoms with Crippen LogP contribution in [-0.4, -0.2) is 17.1 Å². The summed E-state index contributed by atoms with van der Waals surface area (Å²) in [5, 5.41) is 3.91. The number of rotatable bonds is 5. The first-order chi connectivity index (χ1) is 10.0. The van der Waals surface area contributed by atoms with Crippen LogP contribution in [-0.2, 0) is 0 Å². The Balaban J connectivity index is 2.23. The summed E-state index contributed by atoms with van der Waals surface area (Å²) < 4.78 is 0. The van der Waals surface area contributed by atoms with E-state index in [1.807, 2.05) is 24.3 Å². The Bertz CT molecular complexity index is 644. The van der Waals surface area contributed by atoms with Crippen molar-refractivity contribution < 1.29 is 4.79 Å². The molecule has 0 spiro atoms. The minimum atomic E-state index is -0.363. The Labute approximate surface area is 129 Å². The van der Waals surface area contributed by atoms with Gasteiger partial charge in [0.05, 0.1) is 17.2 Å². The zero-order valence-corrected chi connectivity index (χ0v) is 13.0. The summed E-state index contributed by atoms with van der Waals surface area (Å²) >= 11 is 5.99. The van der Waals surface area contributed by atoms with E-state index in [0.29, 0.717) is 22.2 Å². The van der Waals surface area contributed by atoms with E-state index in [4.69, 9.17) is 17.3 Å². The molecule has 0 radical (unpaired) electrons. The molecule has 3 N–H and O–H groups in total. The number of carbonyl (C=O) groups is 1. The number of amides is 1. The van der Waals surface area contributed by atoms with Crippen LogP contribution >= 0.6 is 11.6 Å². The van der Waals surface area contributed by atoms with E-state index in [9.17, 15) is 4.79 Å². The van der Waals surface area contributed by atoms with Crippen molar-refractivity contribution >= 4 is 28.4 Å². The minimum Gasteiger partial charge on any atom is -0.337 e. The van der Waals surface area contributed by atoms with E-state index in [1.54, 1.807) is 6.07 Å². The fourth-order valence-electron chi connectivity index (χ4n) is 2.24. The van der Waals surface area contributed by atoms with Gasteiger partial charge in [0.25, 0.3) is 5.91 Å². The molecule has 1 heterocycles. The van der Waals surface area contributed by atoms with Crippen LogP contribution in [0, 0.1) is 5.92 Å². The van der Waals surface area contributed by atoms with Crippen molar-refractivity contribution in [1.82, 2.24) is 10.3 Å². The van der Waals surface area contributed by atoms with Gasteiger partial charge in [-0.25, -0.2) is 4.98 Å². The number of para-hydroxylation sites is 1. The predicted molar refractivity (Wildman–Crippen MR) is 86.3 cm³/mol. The molecular formula is C16H20ClN3O. The van der Waals surface area contributed by atoms with Gasteiger partial charge in [0.1, 0.15) is 5.15 Å². The highest BCUT2D eigenvalue weighted by Crippen LogP contribution is 2.21. The standard InChI is InChI=1S/C16H20ClN3O/c1-3-10(2)8-15(18)20-16(21)12-9-14(17)19-13-7-5-4-6-11(12)13/h4-7,9-10,15H,3,8,18H2,1-2H3,(H,20,21). The zero-order chi connectivity index (χ0) is 15.4. The molecule has 1 amide bonds. The molecule has 0 fully saturated rings. The number of nitrogens with two attached hydrogens (primary N) is 1. The quantitative estimate of drug-likeness (QED) is 0.657. The average Bonchev–Trinajstić information content (AvgIpc) is 2.45. The number of hydrogen-bond donors (Lipinski definition) is 2. The lowest BCUT2D eigenvalue weighted by Crippen LogP contribution is -2.42. The molecule has 2 unspecified atom stereocenters. The summed E-state index contributed by atoms with van der Waals surface area (Å²) in [7, 11) is 0. The second-order valence-electron chi connectivity index (χ2n) is 5.34. The third-order valence-electron chi connectivity index (χ3n) is 3.60. The van der Waals surface area contributed by atoms with E-state index in [2.05, 4.69) is 24.1 Å². The summed E-state index contributed by atoms with van der Waals surface area (Å²) in [4.78, 5) is 16.6. The number of carbonyl (C=O) groups excluding carboxylic acids is 1. The zero-order valence-electron chi connectivity index (χ0n) is 12.3. The minimum absolute atomic E-state index is 0.216. The van der Waals surface area contributed by atoms with Crippen LogP contribution in [0.4, 0.5) is 0 Å². The number of pyridine rings is 1. The molecule has 0 aliphatic rings. The normalized spacial score (nSPS) is 13.9. The van der Waals surface area contributed by atoms with Crippen LogP contribution in [0.3, 0.4) is 0 Å². The van der Waals surface area contributed by atoms with Crippen molar-refractivity contribution in [3.8, 4) is 0 Å². The molecule has 0 aliphatic carbocycles. The molecule has 0 aliphatic heterocycles. The highest BCUT2D eigenvalue weighted by atomic mass is 35.5. The lowest BCUT2D eigenvalue weighted by Gasteiger charge is -2.18. The van der Waals surface area contributed by atoms with Crippen molar-refractivity contribution in [1.29, 1.82) is 0 Å². The Morgan fingerprint density at radius 1 is 1.43 bits per heavy atom. The first-order valence-corrected chi connectivity index (χ1v) is 7.50. The van der Waals surface area contributed by atoms with Crippen molar-refractivity contribution in [2.24, 2.45) is 11.7 Å². The van der Waals surface area contributed by atoms with E-state index < -0.39 is 0 Å². The molecule has 0 saturated heterocycles.